The molecule has 2 heterocycles. The quantitative estimate of drug-likeness (QED) is 0.459. The van der Waals surface area contributed by atoms with E-state index < -0.39 is 10.0 Å². The van der Waals surface area contributed by atoms with Crippen LogP contribution in [0, 0.1) is 0 Å². The van der Waals surface area contributed by atoms with Crippen molar-refractivity contribution < 1.29 is 17.9 Å². The van der Waals surface area contributed by atoms with Gasteiger partial charge in [0.05, 0.1) is 21.5 Å². The lowest BCUT2D eigenvalue weighted by Gasteiger charge is -2.36. The highest BCUT2D eigenvalue weighted by molar-refractivity contribution is 7.89. The van der Waals surface area contributed by atoms with Crippen LogP contribution in [-0.2, 0) is 19.6 Å². The van der Waals surface area contributed by atoms with Crippen LogP contribution in [0.1, 0.15) is 25.7 Å². The van der Waals surface area contributed by atoms with Crippen LogP contribution in [0.3, 0.4) is 0 Å². The Morgan fingerprint density at radius 2 is 1.82 bits per heavy atom. The highest BCUT2D eigenvalue weighted by Crippen LogP contribution is 2.30. The first-order valence-electron chi connectivity index (χ1n) is 11.9. The van der Waals surface area contributed by atoms with E-state index in [1.807, 2.05) is 4.90 Å². The smallest absolute Gasteiger partial charge is 0.248 e. The van der Waals surface area contributed by atoms with Crippen molar-refractivity contribution in [3.8, 4) is 0 Å². The number of halogens is 2. The van der Waals surface area contributed by atoms with Gasteiger partial charge in [0.2, 0.25) is 15.9 Å². The van der Waals surface area contributed by atoms with Gasteiger partial charge in [0, 0.05) is 38.8 Å². The molecule has 1 amide bonds. The number of hydrogen-bond donors (Lipinski definition) is 0. The van der Waals surface area contributed by atoms with Crippen molar-refractivity contribution in [3.05, 3.63) is 28.2 Å². The Kier molecular flexibility index (Phi) is 10.4. The lowest BCUT2D eigenvalue weighted by atomic mass is 10.1. The second-order valence-electron chi connectivity index (χ2n) is 9.24. The summed E-state index contributed by atoms with van der Waals surface area (Å²) in [5.41, 5.74) is 0. The van der Waals surface area contributed by atoms with Crippen molar-refractivity contribution in [1.82, 2.24) is 19.0 Å². The lowest BCUT2D eigenvalue weighted by Crippen LogP contribution is -2.50. The van der Waals surface area contributed by atoms with Gasteiger partial charge in [0.25, 0.3) is 0 Å². The summed E-state index contributed by atoms with van der Waals surface area (Å²) in [5, 5.41) is 0.517. The number of carbonyl (C=O) groups excluding carboxylic acids is 1. The molecule has 0 aromatic heterocycles. The van der Waals surface area contributed by atoms with Crippen molar-refractivity contribution in [1.29, 1.82) is 0 Å². The summed E-state index contributed by atoms with van der Waals surface area (Å²) in [6.45, 7) is 5.83. The van der Waals surface area contributed by atoms with Crippen LogP contribution < -0.4 is 0 Å². The number of benzene rings is 1. The fraction of sp³-hybridized carbons (Fsp3) is 0.696. The van der Waals surface area contributed by atoms with Gasteiger partial charge in [-0.2, -0.15) is 4.31 Å². The van der Waals surface area contributed by atoms with Gasteiger partial charge >= 0.3 is 0 Å². The van der Waals surface area contributed by atoms with Crippen molar-refractivity contribution in [3.63, 3.8) is 0 Å². The molecule has 192 valence electrons. The number of sulfonamides is 1. The molecule has 2 aliphatic heterocycles. The van der Waals surface area contributed by atoms with E-state index in [4.69, 9.17) is 27.9 Å². The van der Waals surface area contributed by atoms with Crippen molar-refractivity contribution in [2.75, 3.05) is 73.1 Å². The molecule has 0 radical (unpaired) electrons. The number of carbonyl (C=O) groups is 1. The fourth-order valence-electron chi connectivity index (χ4n) is 4.43. The average Bonchev–Trinajstić information content (AvgIpc) is 2.81. The molecule has 3 rings (SSSR count). The van der Waals surface area contributed by atoms with E-state index in [1.54, 1.807) is 0 Å². The van der Waals surface area contributed by atoms with Crippen LogP contribution in [0.25, 0.3) is 0 Å². The van der Waals surface area contributed by atoms with E-state index in [-0.39, 0.29) is 35.1 Å². The Labute approximate surface area is 213 Å². The zero-order chi connectivity index (χ0) is 24.7. The zero-order valence-corrected chi connectivity index (χ0v) is 22.4. The first-order valence-corrected chi connectivity index (χ1v) is 14.1. The van der Waals surface area contributed by atoms with E-state index in [0.717, 1.165) is 45.4 Å². The largest absolute Gasteiger partial charge is 0.370 e. The van der Waals surface area contributed by atoms with Crippen LogP contribution in [0.5, 0.6) is 0 Å². The number of nitrogens with zero attached hydrogens (tertiary/aromatic N) is 4. The fourth-order valence-corrected chi connectivity index (χ4v) is 6.50. The van der Waals surface area contributed by atoms with Crippen molar-refractivity contribution in [2.45, 2.75) is 36.6 Å². The molecular weight excluding hydrogens is 499 g/mol. The van der Waals surface area contributed by atoms with Gasteiger partial charge in [-0.25, -0.2) is 8.42 Å². The Bertz CT molecular complexity index is 924. The van der Waals surface area contributed by atoms with E-state index >= 15 is 0 Å². The first kappa shape index (κ1) is 27.6. The molecule has 34 heavy (non-hydrogen) atoms. The highest BCUT2D eigenvalue weighted by atomic mass is 35.5. The Morgan fingerprint density at radius 3 is 2.50 bits per heavy atom. The predicted octanol–water partition coefficient (Wildman–Crippen LogP) is 2.65. The van der Waals surface area contributed by atoms with Gasteiger partial charge < -0.3 is 14.5 Å². The molecule has 0 N–H and O–H groups in total. The van der Waals surface area contributed by atoms with Gasteiger partial charge in [-0.1, -0.05) is 29.6 Å². The summed E-state index contributed by atoms with van der Waals surface area (Å²) in [7, 11) is 0.416. The van der Waals surface area contributed by atoms with Gasteiger partial charge in [0.1, 0.15) is 6.61 Å². The molecule has 2 saturated heterocycles. The lowest BCUT2D eigenvalue weighted by molar-refractivity contribution is -0.138. The van der Waals surface area contributed by atoms with Gasteiger partial charge in [-0.05, 0) is 64.6 Å². The maximum atomic E-state index is 13.2. The number of ether oxygens (including phenoxy) is 1. The maximum Gasteiger partial charge on any atom is 0.248 e. The summed E-state index contributed by atoms with van der Waals surface area (Å²) in [5.74, 6) is -0.0392. The molecule has 8 nitrogen and oxygen atoms in total. The summed E-state index contributed by atoms with van der Waals surface area (Å²) in [4.78, 5) is 19.2. The molecule has 0 saturated carbocycles. The SMILES string of the molecule is CN(C)CCCN1CCN(C(=O)COCC2CCCCN2S(=O)(=O)c2ccc(Cl)c(Cl)c2)CC1. The molecule has 11 heteroatoms. The standard InChI is InChI=1S/C23H36Cl2N4O4S/c1-26(2)9-5-10-27-12-14-28(15-13-27)23(30)18-33-17-19-6-3-4-11-29(19)34(31,32)20-7-8-21(24)22(25)16-20/h7-8,16,19H,3-6,9-15,17-18H2,1-2H3. The van der Waals surface area contributed by atoms with Crippen LogP contribution in [-0.4, -0.2) is 112 Å². The van der Waals surface area contributed by atoms with Crippen LogP contribution in [0.4, 0.5) is 0 Å². The van der Waals surface area contributed by atoms with Gasteiger partial charge in [0.15, 0.2) is 0 Å². The molecule has 0 bridgehead atoms. The van der Waals surface area contributed by atoms with E-state index in [2.05, 4.69) is 23.9 Å². The number of amides is 1. The molecule has 2 fully saturated rings. The van der Waals surface area contributed by atoms with E-state index in [9.17, 15) is 13.2 Å². The topological polar surface area (TPSA) is 73.4 Å². The summed E-state index contributed by atoms with van der Waals surface area (Å²) in [6, 6.07) is 4.04. The van der Waals surface area contributed by atoms with Crippen molar-refractivity contribution in [2.24, 2.45) is 0 Å². The number of piperidine rings is 1. The Hall–Kier alpha value is -0.940. The zero-order valence-electron chi connectivity index (χ0n) is 20.1. The van der Waals surface area contributed by atoms with E-state index in [0.29, 0.717) is 31.1 Å². The molecule has 1 unspecified atom stereocenters. The third-order valence-corrected chi connectivity index (χ3v) is 9.10. The number of piperazine rings is 1. The Morgan fingerprint density at radius 1 is 1.09 bits per heavy atom. The second-order valence-corrected chi connectivity index (χ2v) is 11.9. The minimum Gasteiger partial charge on any atom is -0.370 e. The first-order chi connectivity index (χ1) is 16.2. The summed E-state index contributed by atoms with van der Waals surface area (Å²) < 4.78 is 33.7. The molecular formula is C23H36Cl2N4O4S. The minimum atomic E-state index is -3.73. The second kappa shape index (κ2) is 12.9. The summed E-state index contributed by atoms with van der Waals surface area (Å²) >= 11 is 12.0. The third-order valence-electron chi connectivity index (χ3n) is 6.41. The summed E-state index contributed by atoms with van der Waals surface area (Å²) in [6.07, 6.45) is 3.52. The molecule has 1 atom stereocenters. The maximum absolute atomic E-state index is 13.2. The third kappa shape index (κ3) is 7.53. The molecule has 1 aromatic rings. The van der Waals surface area contributed by atoms with E-state index in [1.165, 1.54) is 22.5 Å². The molecule has 0 aliphatic carbocycles. The molecule has 0 spiro atoms. The number of rotatable bonds is 10. The van der Waals surface area contributed by atoms with Gasteiger partial charge in [-0.15, -0.1) is 0 Å². The molecule has 2 aliphatic rings. The average molecular weight is 536 g/mol. The monoisotopic (exact) mass is 534 g/mol. The number of hydrogen-bond acceptors (Lipinski definition) is 6. The normalized spacial score (nSPS) is 20.7. The van der Waals surface area contributed by atoms with Crippen LogP contribution in [0.2, 0.25) is 10.0 Å². The van der Waals surface area contributed by atoms with Gasteiger partial charge in [-0.3, -0.25) is 9.69 Å². The van der Waals surface area contributed by atoms with Crippen molar-refractivity contribution >= 4 is 39.1 Å². The highest BCUT2D eigenvalue weighted by Gasteiger charge is 2.34. The van der Waals surface area contributed by atoms with Crippen LogP contribution in [0.15, 0.2) is 23.1 Å². The molecule has 1 aromatic carbocycles. The minimum absolute atomic E-state index is 0.0300. The Balaban J connectivity index is 1.47. The predicted molar refractivity (Wildman–Crippen MR) is 135 cm³/mol. The van der Waals surface area contributed by atoms with Crippen LogP contribution >= 0.6 is 23.2 Å².